The van der Waals surface area contributed by atoms with E-state index in [0.29, 0.717) is 16.3 Å². The van der Waals surface area contributed by atoms with Crippen molar-refractivity contribution in [1.29, 1.82) is 0 Å². The van der Waals surface area contributed by atoms with Gasteiger partial charge in [0.05, 0.1) is 23.4 Å². The molecule has 2 N–H and O–H groups in total. The molecule has 0 aliphatic rings. The van der Waals surface area contributed by atoms with Crippen LogP contribution in [-0.2, 0) is 11.3 Å². The maximum absolute atomic E-state index is 12.3. The fraction of sp³-hybridized carbons (Fsp3) is 0.294. The van der Waals surface area contributed by atoms with E-state index in [0.717, 1.165) is 0 Å². The summed E-state index contributed by atoms with van der Waals surface area (Å²) in [6.07, 6.45) is 1.54. The summed E-state index contributed by atoms with van der Waals surface area (Å²) in [7, 11) is 0. The Labute approximate surface area is 140 Å². The standard InChI is InChI=1S/C17H19ClN2O3/c1-11(2)15(17(22)19-10-12-6-5-9-23-12)20-16(21)13-7-3-4-8-14(13)18/h3-9,11,15H,10H2,1-2H3,(H,19,22)(H,20,21)/t15-/m0/s1. The highest BCUT2D eigenvalue weighted by Crippen LogP contribution is 2.15. The molecule has 5 nitrogen and oxygen atoms in total. The molecule has 122 valence electrons. The van der Waals surface area contributed by atoms with Crippen LogP contribution >= 0.6 is 11.6 Å². The summed E-state index contributed by atoms with van der Waals surface area (Å²) in [4.78, 5) is 24.7. The molecular formula is C17H19ClN2O3. The molecule has 1 heterocycles. The topological polar surface area (TPSA) is 71.3 Å². The second kappa shape index (κ2) is 7.83. The average Bonchev–Trinajstić information content (AvgIpc) is 3.03. The van der Waals surface area contributed by atoms with E-state index < -0.39 is 6.04 Å². The van der Waals surface area contributed by atoms with E-state index in [9.17, 15) is 9.59 Å². The minimum Gasteiger partial charge on any atom is -0.467 e. The molecule has 0 unspecified atom stereocenters. The Balaban J connectivity index is 2.02. The average molecular weight is 335 g/mol. The Bertz CT molecular complexity index is 668. The van der Waals surface area contributed by atoms with Gasteiger partial charge in [-0.1, -0.05) is 37.6 Å². The van der Waals surface area contributed by atoms with Crippen LogP contribution in [0.25, 0.3) is 0 Å². The van der Waals surface area contributed by atoms with E-state index in [4.69, 9.17) is 16.0 Å². The van der Waals surface area contributed by atoms with Gasteiger partial charge in [0.15, 0.2) is 0 Å². The highest BCUT2D eigenvalue weighted by Gasteiger charge is 2.25. The van der Waals surface area contributed by atoms with Gasteiger partial charge in [0, 0.05) is 0 Å². The lowest BCUT2D eigenvalue weighted by molar-refractivity contribution is -0.124. The fourth-order valence-corrected chi connectivity index (χ4v) is 2.32. The lowest BCUT2D eigenvalue weighted by atomic mass is 10.0. The molecule has 0 fully saturated rings. The second-order valence-electron chi connectivity index (χ2n) is 5.47. The van der Waals surface area contributed by atoms with Crippen LogP contribution in [0.2, 0.25) is 5.02 Å². The molecule has 0 radical (unpaired) electrons. The van der Waals surface area contributed by atoms with E-state index >= 15 is 0 Å². The first-order valence-electron chi connectivity index (χ1n) is 7.34. The van der Waals surface area contributed by atoms with Crippen molar-refractivity contribution in [3.8, 4) is 0 Å². The van der Waals surface area contributed by atoms with Crippen LogP contribution < -0.4 is 10.6 Å². The summed E-state index contributed by atoms with van der Waals surface area (Å²) in [6, 6.07) is 9.59. The SMILES string of the molecule is CC(C)[C@H](NC(=O)c1ccccc1Cl)C(=O)NCc1ccco1. The molecular weight excluding hydrogens is 316 g/mol. The number of halogens is 1. The number of nitrogens with one attached hydrogen (secondary N) is 2. The number of carbonyl (C=O) groups excluding carboxylic acids is 2. The Kier molecular flexibility index (Phi) is 5.82. The summed E-state index contributed by atoms with van der Waals surface area (Å²) >= 11 is 6.02. The Morgan fingerprint density at radius 1 is 1.17 bits per heavy atom. The van der Waals surface area contributed by atoms with Gasteiger partial charge >= 0.3 is 0 Å². The van der Waals surface area contributed by atoms with Crippen molar-refractivity contribution in [2.75, 3.05) is 0 Å². The van der Waals surface area contributed by atoms with Crippen LogP contribution in [-0.4, -0.2) is 17.9 Å². The number of hydrogen-bond acceptors (Lipinski definition) is 3. The first-order valence-corrected chi connectivity index (χ1v) is 7.72. The molecule has 0 bridgehead atoms. The molecule has 0 aliphatic heterocycles. The number of carbonyl (C=O) groups is 2. The monoisotopic (exact) mass is 334 g/mol. The van der Waals surface area contributed by atoms with Crippen molar-refractivity contribution in [3.05, 3.63) is 59.0 Å². The van der Waals surface area contributed by atoms with Crippen molar-refractivity contribution in [3.63, 3.8) is 0 Å². The van der Waals surface area contributed by atoms with E-state index in [2.05, 4.69) is 10.6 Å². The predicted molar refractivity (Wildman–Crippen MR) is 88.1 cm³/mol. The first kappa shape index (κ1) is 17.1. The largest absolute Gasteiger partial charge is 0.467 e. The molecule has 1 aromatic carbocycles. The van der Waals surface area contributed by atoms with Gasteiger partial charge in [0.1, 0.15) is 11.8 Å². The third-order valence-corrected chi connectivity index (χ3v) is 3.70. The smallest absolute Gasteiger partial charge is 0.253 e. The maximum atomic E-state index is 12.3. The molecule has 0 saturated carbocycles. The van der Waals surface area contributed by atoms with Crippen LogP contribution in [0.15, 0.2) is 47.1 Å². The number of benzene rings is 1. The predicted octanol–water partition coefficient (Wildman–Crippen LogP) is 3.00. The number of rotatable bonds is 6. The number of amides is 2. The first-order chi connectivity index (χ1) is 11.0. The quantitative estimate of drug-likeness (QED) is 0.853. The summed E-state index contributed by atoms with van der Waals surface area (Å²) in [6.45, 7) is 4.01. The van der Waals surface area contributed by atoms with Gasteiger partial charge in [-0.05, 0) is 30.2 Å². The van der Waals surface area contributed by atoms with Gasteiger partial charge in [0.25, 0.3) is 5.91 Å². The zero-order chi connectivity index (χ0) is 16.8. The van der Waals surface area contributed by atoms with Gasteiger partial charge in [-0.25, -0.2) is 0 Å². The van der Waals surface area contributed by atoms with E-state index in [1.54, 1.807) is 42.7 Å². The third-order valence-electron chi connectivity index (χ3n) is 3.37. The summed E-state index contributed by atoms with van der Waals surface area (Å²) in [5.74, 6) is -0.0597. The van der Waals surface area contributed by atoms with Crippen LogP contribution in [0.1, 0.15) is 30.0 Å². The molecule has 2 aromatic rings. The minimum absolute atomic E-state index is 0.0713. The van der Waals surface area contributed by atoms with Crippen molar-refractivity contribution >= 4 is 23.4 Å². The van der Waals surface area contributed by atoms with Gasteiger partial charge in [-0.15, -0.1) is 0 Å². The molecule has 23 heavy (non-hydrogen) atoms. The zero-order valence-corrected chi connectivity index (χ0v) is 13.8. The highest BCUT2D eigenvalue weighted by molar-refractivity contribution is 6.33. The van der Waals surface area contributed by atoms with E-state index in [-0.39, 0.29) is 24.3 Å². The summed E-state index contributed by atoms with van der Waals surface area (Å²) < 4.78 is 5.17. The van der Waals surface area contributed by atoms with Crippen LogP contribution in [0.3, 0.4) is 0 Å². The van der Waals surface area contributed by atoms with Crippen LogP contribution in [0.5, 0.6) is 0 Å². The lowest BCUT2D eigenvalue weighted by Crippen LogP contribution is -2.49. The Hall–Kier alpha value is -2.27. The van der Waals surface area contributed by atoms with E-state index in [1.165, 1.54) is 0 Å². The Morgan fingerprint density at radius 3 is 2.52 bits per heavy atom. The molecule has 0 aliphatic carbocycles. The van der Waals surface area contributed by atoms with Gasteiger partial charge in [-0.3, -0.25) is 9.59 Å². The van der Waals surface area contributed by atoms with Crippen molar-refractivity contribution in [1.82, 2.24) is 10.6 Å². The third kappa shape index (κ3) is 4.60. The minimum atomic E-state index is -0.659. The van der Waals surface area contributed by atoms with Crippen molar-refractivity contribution in [2.24, 2.45) is 5.92 Å². The van der Waals surface area contributed by atoms with Crippen molar-refractivity contribution < 1.29 is 14.0 Å². The molecule has 2 rings (SSSR count). The molecule has 0 spiro atoms. The van der Waals surface area contributed by atoms with Crippen LogP contribution in [0.4, 0.5) is 0 Å². The molecule has 1 aromatic heterocycles. The van der Waals surface area contributed by atoms with Gasteiger partial charge < -0.3 is 15.1 Å². The number of hydrogen-bond donors (Lipinski definition) is 2. The lowest BCUT2D eigenvalue weighted by Gasteiger charge is -2.21. The maximum Gasteiger partial charge on any atom is 0.253 e. The summed E-state index contributed by atoms with van der Waals surface area (Å²) in [5, 5.41) is 5.85. The van der Waals surface area contributed by atoms with Gasteiger partial charge in [-0.2, -0.15) is 0 Å². The fourth-order valence-electron chi connectivity index (χ4n) is 2.10. The molecule has 2 amide bonds. The molecule has 0 saturated heterocycles. The number of furan rings is 1. The second-order valence-corrected chi connectivity index (χ2v) is 5.88. The van der Waals surface area contributed by atoms with E-state index in [1.807, 2.05) is 13.8 Å². The normalized spacial score (nSPS) is 12.0. The van der Waals surface area contributed by atoms with Gasteiger partial charge in [0.2, 0.25) is 5.91 Å². The van der Waals surface area contributed by atoms with Crippen molar-refractivity contribution in [2.45, 2.75) is 26.4 Å². The van der Waals surface area contributed by atoms with Crippen LogP contribution in [0, 0.1) is 5.92 Å². The zero-order valence-electron chi connectivity index (χ0n) is 13.0. The Morgan fingerprint density at radius 2 is 1.91 bits per heavy atom. The molecule has 6 heteroatoms. The molecule has 1 atom stereocenters. The highest BCUT2D eigenvalue weighted by atomic mass is 35.5. The summed E-state index contributed by atoms with van der Waals surface area (Å²) in [5.41, 5.74) is 0.346.